The molecule has 114 valence electrons. The molecule has 0 unspecified atom stereocenters. The average Bonchev–Trinajstić information content (AvgIpc) is 3.10. The van der Waals surface area contributed by atoms with Gasteiger partial charge in [-0.2, -0.15) is 0 Å². The second-order valence-electron chi connectivity index (χ2n) is 4.03. The summed E-state index contributed by atoms with van der Waals surface area (Å²) in [7, 11) is 1.43. The van der Waals surface area contributed by atoms with Crippen LogP contribution in [0.25, 0.3) is 10.2 Å². The molecule has 3 N–H and O–H groups in total. The number of para-hydroxylation sites is 1. The summed E-state index contributed by atoms with van der Waals surface area (Å²) in [6.07, 6.45) is 0. The fourth-order valence-corrected chi connectivity index (χ4v) is 3.33. The molecule has 2 aromatic rings. The van der Waals surface area contributed by atoms with E-state index in [4.69, 9.17) is 27.6 Å². The van der Waals surface area contributed by atoms with Crippen LogP contribution in [0.4, 0.5) is 0 Å². The maximum absolute atomic E-state index is 5.64. The summed E-state index contributed by atoms with van der Waals surface area (Å²) in [6.45, 7) is 0. The van der Waals surface area contributed by atoms with Crippen molar-refractivity contribution in [1.82, 2.24) is 14.9 Å². The summed E-state index contributed by atoms with van der Waals surface area (Å²) >= 11 is 7.95. The van der Waals surface area contributed by atoms with Crippen LogP contribution < -0.4 is 16.0 Å². The van der Waals surface area contributed by atoms with Crippen molar-refractivity contribution >= 4 is 56.5 Å². The number of hydrazine groups is 2. The van der Waals surface area contributed by atoms with Crippen LogP contribution >= 0.6 is 35.5 Å². The Labute approximate surface area is 139 Å². The number of thiocarbonyl (C=S) groups is 1. The van der Waals surface area contributed by atoms with Gasteiger partial charge >= 0.3 is 0 Å². The number of thiazole rings is 1. The maximum Gasteiger partial charge on any atom is 0.280 e. The molecule has 0 aliphatic carbocycles. The van der Waals surface area contributed by atoms with Gasteiger partial charge in [-0.3, -0.25) is 5.43 Å². The first-order chi connectivity index (χ1) is 10.7. The molecule has 0 amide bonds. The third kappa shape index (κ3) is 3.20. The molecule has 1 aromatic heterocycles. The number of hydrogen-bond acceptors (Lipinski definition) is 10. The summed E-state index contributed by atoms with van der Waals surface area (Å²) < 4.78 is 7.98. The minimum Gasteiger partial charge on any atom is -0.416 e. The molecule has 22 heavy (non-hydrogen) atoms. The van der Waals surface area contributed by atoms with E-state index in [1.165, 1.54) is 34.9 Å². The number of ether oxygens (including phenoxy) is 1. The molecule has 0 saturated heterocycles. The summed E-state index contributed by atoms with van der Waals surface area (Å²) in [5.74, 6) is 5.61. The van der Waals surface area contributed by atoms with Crippen LogP contribution in [0.3, 0.4) is 0 Å². The number of benzene rings is 1. The number of rotatable bonds is 4. The first kappa shape index (κ1) is 15.2. The van der Waals surface area contributed by atoms with Crippen LogP contribution in [0.2, 0.25) is 0 Å². The normalized spacial score (nSPS) is 15.5. The molecule has 0 atom stereocenters. The Kier molecular flexibility index (Phi) is 4.55. The average molecular weight is 353 g/mol. The summed E-state index contributed by atoms with van der Waals surface area (Å²) in [5, 5.41) is 6.25. The molecule has 7 nitrogen and oxygen atoms in total. The second kappa shape index (κ2) is 6.58. The SMILES string of the molecule is CON=C(C(=S)Oc1nc2ccccc2s1)C1=CSN(N)N1. The van der Waals surface area contributed by atoms with Crippen molar-refractivity contribution in [2.75, 3.05) is 7.11 Å². The number of aromatic nitrogens is 1. The first-order valence-electron chi connectivity index (χ1n) is 6.05. The van der Waals surface area contributed by atoms with E-state index in [-0.39, 0.29) is 5.05 Å². The van der Waals surface area contributed by atoms with Gasteiger partial charge in [-0.05, 0) is 36.3 Å². The molecule has 0 fully saturated rings. The van der Waals surface area contributed by atoms with Gasteiger partial charge in [0, 0.05) is 5.41 Å². The molecule has 2 heterocycles. The molecule has 3 rings (SSSR count). The van der Waals surface area contributed by atoms with Gasteiger partial charge in [-0.15, -0.1) is 0 Å². The van der Waals surface area contributed by atoms with E-state index < -0.39 is 0 Å². The zero-order valence-corrected chi connectivity index (χ0v) is 13.8. The number of oxime groups is 1. The van der Waals surface area contributed by atoms with Crippen molar-refractivity contribution < 1.29 is 9.57 Å². The van der Waals surface area contributed by atoms with Crippen molar-refractivity contribution in [2.45, 2.75) is 0 Å². The minimum absolute atomic E-state index is 0.149. The highest BCUT2D eigenvalue weighted by atomic mass is 32.2. The van der Waals surface area contributed by atoms with Gasteiger partial charge in [-0.25, -0.2) is 10.8 Å². The van der Waals surface area contributed by atoms with Crippen molar-refractivity contribution in [3.8, 4) is 5.19 Å². The molecule has 1 aliphatic rings. The standard InChI is InChI=1S/C12H11N5O2S3/c1-18-16-10(8-6-21-17(13)15-8)11(20)19-12-14-7-4-2-3-5-9(7)22-12/h2-6,15H,13H2,1H3. The number of nitrogens with one attached hydrogen (secondary N) is 1. The summed E-state index contributed by atoms with van der Waals surface area (Å²) in [6, 6.07) is 7.75. The lowest BCUT2D eigenvalue weighted by Crippen LogP contribution is -2.37. The molecule has 1 aromatic carbocycles. The summed E-state index contributed by atoms with van der Waals surface area (Å²) in [4.78, 5) is 9.19. The van der Waals surface area contributed by atoms with Gasteiger partial charge < -0.3 is 9.57 Å². The van der Waals surface area contributed by atoms with Gasteiger partial charge in [0.2, 0.25) is 5.05 Å². The fraction of sp³-hybridized carbons (Fsp3) is 0.0833. The van der Waals surface area contributed by atoms with Gasteiger partial charge in [-0.1, -0.05) is 33.1 Å². The Hall–Kier alpha value is -1.72. The van der Waals surface area contributed by atoms with Gasteiger partial charge in [0.1, 0.15) is 7.11 Å². The van der Waals surface area contributed by atoms with Crippen molar-refractivity contribution in [2.24, 2.45) is 11.0 Å². The Morgan fingerprint density at radius 3 is 2.95 bits per heavy atom. The van der Waals surface area contributed by atoms with Crippen molar-refractivity contribution in [1.29, 1.82) is 0 Å². The van der Waals surface area contributed by atoms with E-state index in [9.17, 15) is 0 Å². The van der Waals surface area contributed by atoms with Crippen LogP contribution in [0.5, 0.6) is 5.19 Å². The Morgan fingerprint density at radius 2 is 2.27 bits per heavy atom. The molecule has 0 radical (unpaired) electrons. The van der Waals surface area contributed by atoms with E-state index in [0.29, 0.717) is 16.6 Å². The van der Waals surface area contributed by atoms with Crippen LogP contribution in [-0.2, 0) is 4.84 Å². The van der Waals surface area contributed by atoms with Crippen LogP contribution in [0.1, 0.15) is 0 Å². The topological polar surface area (TPSA) is 85.0 Å². The third-order valence-electron chi connectivity index (χ3n) is 2.60. The smallest absolute Gasteiger partial charge is 0.280 e. The maximum atomic E-state index is 5.64. The Morgan fingerprint density at radius 1 is 1.45 bits per heavy atom. The summed E-state index contributed by atoms with van der Waals surface area (Å²) in [5.41, 5.74) is 4.67. The quantitative estimate of drug-likeness (QED) is 0.284. The fourth-order valence-electron chi connectivity index (χ4n) is 1.70. The first-order valence-corrected chi connectivity index (χ1v) is 8.11. The van der Waals surface area contributed by atoms with Gasteiger partial charge in [0.25, 0.3) is 5.19 Å². The van der Waals surface area contributed by atoms with Crippen molar-refractivity contribution in [3.63, 3.8) is 0 Å². The van der Waals surface area contributed by atoms with Crippen LogP contribution in [0.15, 0.2) is 40.5 Å². The van der Waals surface area contributed by atoms with E-state index in [1.807, 2.05) is 24.3 Å². The zero-order valence-electron chi connectivity index (χ0n) is 11.3. The molecular weight excluding hydrogens is 342 g/mol. The molecule has 1 aliphatic heterocycles. The molecule has 10 heteroatoms. The molecule has 0 spiro atoms. The second-order valence-corrected chi connectivity index (χ2v) is 6.24. The Balaban J connectivity index is 1.80. The zero-order chi connectivity index (χ0) is 15.5. The minimum atomic E-state index is 0.149. The number of nitrogens with two attached hydrogens (primary N) is 1. The molecule has 0 bridgehead atoms. The number of fused-ring (bicyclic) bond motifs is 1. The van der Waals surface area contributed by atoms with E-state index >= 15 is 0 Å². The lowest BCUT2D eigenvalue weighted by atomic mass is 10.3. The monoisotopic (exact) mass is 353 g/mol. The van der Waals surface area contributed by atoms with Crippen LogP contribution in [0, 0.1) is 0 Å². The Bertz CT molecular complexity index is 740. The van der Waals surface area contributed by atoms with Gasteiger partial charge in [0.15, 0.2) is 5.71 Å². The highest BCUT2D eigenvalue weighted by molar-refractivity contribution is 8.00. The van der Waals surface area contributed by atoms with Gasteiger partial charge in [0.05, 0.1) is 15.9 Å². The predicted octanol–water partition coefficient (Wildman–Crippen LogP) is 2.19. The highest BCUT2D eigenvalue weighted by Gasteiger charge is 2.23. The van der Waals surface area contributed by atoms with E-state index in [2.05, 4.69) is 15.6 Å². The van der Waals surface area contributed by atoms with E-state index in [0.717, 1.165) is 10.2 Å². The van der Waals surface area contributed by atoms with E-state index in [1.54, 1.807) is 5.41 Å². The molecule has 0 saturated carbocycles. The number of hydrogen-bond donors (Lipinski definition) is 2. The predicted molar refractivity (Wildman–Crippen MR) is 92.1 cm³/mol. The highest BCUT2D eigenvalue weighted by Crippen LogP contribution is 2.28. The lowest BCUT2D eigenvalue weighted by Gasteiger charge is -2.11. The third-order valence-corrected chi connectivity index (χ3v) is 4.45. The largest absolute Gasteiger partial charge is 0.416 e. The van der Waals surface area contributed by atoms with Crippen molar-refractivity contribution in [3.05, 3.63) is 35.4 Å². The number of nitrogens with zero attached hydrogens (tertiary/aromatic N) is 3. The van der Waals surface area contributed by atoms with Crippen LogP contribution in [-0.4, -0.2) is 27.4 Å². The lowest BCUT2D eigenvalue weighted by molar-refractivity contribution is 0.213. The molecular formula is C12H11N5O2S3.